The van der Waals surface area contributed by atoms with Crippen LogP contribution in [0, 0.1) is 0 Å². The van der Waals surface area contributed by atoms with Crippen LogP contribution < -0.4 is 5.73 Å². The van der Waals surface area contributed by atoms with Crippen molar-refractivity contribution in [3.63, 3.8) is 0 Å². The number of hydrogen-bond acceptors (Lipinski definition) is 1. The van der Waals surface area contributed by atoms with Crippen LogP contribution in [0.2, 0.25) is 0 Å². The Bertz CT molecular complexity index is 303. The third-order valence-corrected chi connectivity index (χ3v) is 1.88. The molecule has 0 aliphatic heterocycles. The van der Waals surface area contributed by atoms with Gasteiger partial charge in [0.1, 0.15) is 0 Å². The molecule has 0 aliphatic carbocycles. The van der Waals surface area contributed by atoms with E-state index in [4.69, 9.17) is 5.73 Å². The van der Waals surface area contributed by atoms with Crippen molar-refractivity contribution in [2.45, 2.75) is 19.3 Å². The molecule has 1 aromatic carbocycles. The Kier molecular flexibility index (Phi) is 4.48. The molecule has 73 valence electrons. The molecule has 0 spiro atoms. The van der Waals surface area contributed by atoms with E-state index in [1.54, 1.807) is 0 Å². The van der Waals surface area contributed by atoms with Gasteiger partial charge in [-0.2, -0.15) is 0 Å². The van der Waals surface area contributed by atoms with Crippen molar-refractivity contribution in [3.05, 3.63) is 42.0 Å². The first-order valence-corrected chi connectivity index (χ1v) is 4.75. The summed E-state index contributed by atoms with van der Waals surface area (Å²) < 4.78 is 0. The second kappa shape index (κ2) is 5.97. The molecular formula is C12H14NO. The molecule has 1 rings (SSSR count). The van der Waals surface area contributed by atoms with Crippen molar-refractivity contribution in [2.24, 2.45) is 0 Å². The Morgan fingerprint density at radius 3 is 2.64 bits per heavy atom. The van der Waals surface area contributed by atoms with Gasteiger partial charge < -0.3 is 0 Å². The highest BCUT2D eigenvalue weighted by Crippen LogP contribution is 2.03. The van der Waals surface area contributed by atoms with Gasteiger partial charge in [-0.05, 0) is 18.4 Å². The topological polar surface area (TPSA) is 40.9 Å². The van der Waals surface area contributed by atoms with E-state index in [9.17, 15) is 4.79 Å². The molecule has 1 radical (unpaired) electrons. The van der Waals surface area contributed by atoms with E-state index < -0.39 is 5.91 Å². The number of unbranched alkanes of at least 4 members (excludes halogenated alkanes) is 1. The quantitative estimate of drug-likeness (QED) is 0.655. The van der Waals surface area contributed by atoms with Crippen molar-refractivity contribution < 1.29 is 4.79 Å². The minimum absolute atomic E-state index is 0.360. The normalized spacial score (nSPS) is 10.6. The summed E-state index contributed by atoms with van der Waals surface area (Å²) >= 11 is 0. The fourth-order valence-electron chi connectivity index (χ4n) is 1.16. The molecule has 1 N–H and O–H groups in total. The van der Waals surface area contributed by atoms with E-state index >= 15 is 0 Å². The van der Waals surface area contributed by atoms with E-state index in [0.29, 0.717) is 6.42 Å². The number of hydrogen-bond donors (Lipinski definition) is 0. The molecule has 0 fully saturated rings. The first-order chi connectivity index (χ1) is 6.79. The van der Waals surface area contributed by atoms with Gasteiger partial charge in [-0.3, -0.25) is 10.5 Å². The summed E-state index contributed by atoms with van der Waals surface area (Å²) in [6, 6.07) is 10.0. The predicted octanol–water partition coefficient (Wildman–Crippen LogP) is 2.68. The van der Waals surface area contributed by atoms with Gasteiger partial charge in [-0.25, -0.2) is 0 Å². The second-order valence-electron chi connectivity index (χ2n) is 3.13. The lowest BCUT2D eigenvalue weighted by atomic mass is 10.1. The Balaban J connectivity index is 2.25. The van der Waals surface area contributed by atoms with Crippen LogP contribution in [-0.4, -0.2) is 5.91 Å². The molecule has 2 nitrogen and oxygen atoms in total. The molecule has 0 aliphatic rings. The minimum atomic E-state index is -0.474. The molecule has 1 aromatic rings. The first-order valence-electron chi connectivity index (χ1n) is 4.75. The van der Waals surface area contributed by atoms with Gasteiger partial charge in [0.05, 0.1) is 0 Å². The highest BCUT2D eigenvalue weighted by atomic mass is 16.1. The SMILES string of the molecule is [NH]C(=O)CCCC=Cc1ccccc1. The van der Waals surface area contributed by atoms with Crippen LogP contribution in [-0.2, 0) is 4.79 Å². The van der Waals surface area contributed by atoms with Gasteiger partial charge in [0.15, 0.2) is 0 Å². The minimum Gasteiger partial charge on any atom is -0.273 e. The number of amides is 1. The lowest BCUT2D eigenvalue weighted by Crippen LogP contribution is -1.95. The zero-order valence-electron chi connectivity index (χ0n) is 8.07. The van der Waals surface area contributed by atoms with Gasteiger partial charge in [-0.1, -0.05) is 42.5 Å². The Labute approximate surface area is 84.4 Å². The summed E-state index contributed by atoms with van der Waals surface area (Å²) in [7, 11) is 0. The zero-order chi connectivity index (χ0) is 10.2. The maximum atomic E-state index is 10.3. The highest BCUT2D eigenvalue weighted by molar-refractivity contribution is 5.72. The molecule has 1 amide bonds. The first kappa shape index (κ1) is 10.5. The highest BCUT2D eigenvalue weighted by Gasteiger charge is 1.91. The molecule has 0 atom stereocenters. The molecule has 0 saturated heterocycles. The molecule has 2 heteroatoms. The molecular weight excluding hydrogens is 174 g/mol. The Morgan fingerprint density at radius 2 is 2.00 bits per heavy atom. The van der Waals surface area contributed by atoms with Crippen LogP contribution in [0.1, 0.15) is 24.8 Å². The van der Waals surface area contributed by atoms with Crippen LogP contribution in [0.25, 0.3) is 6.08 Å². The molecule has 0 heterocycles. The third kappa shape index (κ3) is 4.45. The summed E-state index contributed by atoms with van der Waals surface area (Å²) in [5.74, 6) is -0.474. The summed E-state index contributed by atoms with van der Waals surface area (Å²) in [6.07, 6.45) is 6.07. The van der Waals surface area contributed by atoms with Crippen molar-refractivity contribution in [2.75, 3.05) is 0 Å². The summed E-state index contributed by atoms with van der Waals surface area (Å²) in [5, 5.41) is 0. The molecule has 0 saturated carbocycles. The number of benzene rings is 1. The maximum Gasteiger partial charge on any atom is 0.238 e. The van der Waals surface area contributed by atoms with Crippen molar-refractivity contribution in [1.29, 1.82) is 0 Å². The fourth-order valence-corrected chi connectivity index (χ4v) is 1.16. The number of nitrogens with one attached hydrogen (secondary N) is 1. The molecule has 0 aromatic heterocycles. The molecule has 14 heavy (non-hydrogen) atoms. The van der Waals surface area contributed by atoms with E-state index in [1.165, 1.54) is 5.56 Å². The van der Waals surface area contributed by atoms with Gasteiger partial charge in [0.25, 0.3) is 0 Å². The van der Waals surface area contributed by atoms with Crippen LogP contribution in [0.3, 0.4) is 0 Å². The van der Waals surface area contributed by atoms with E-state index in [1.807, 2.05) is 42.5 Å². The maximum absolute atomic E-state index is 10.3. The van der Waals surface area contributed by atoms with Crippen LogP contribution in [0.15, 0.2) is 36.4 Å². The predicted molar refractivity (Wildman–Crippen MR) is 57.4 cm³/mol. The van der Waals surface area contributed by atoms with Crippen LogP contribution in [0.4, 0.5) is 0 Å². The van der Waals surface area contributed by atoms with Gasteiger partial charge in [0.2, 0.25) is 5.91 Å². The molecule has 0 unspecified atom stereocenters. The zero-order valence-corrected chi connectivity index (χ0v) is 8.07. The lowest BCUT2D eigenvalue weighted by molar-refractivity contribution is -0.118. The van der Waals surface area contributed by atoms with Crippen molar-refractivity contribution in [1.82, 2.24) is 5.73 Å². The van der Waals surface area contributed by atoms with E-state index in [2.05, 4.69) is 0 Å². The number of allylic oxidation sites excluding steroid dienone is 1. The lowest BCUT2D eigenvalue weighted by Gasteiger charge is -1.92. The van der Waals surface area contributed by atoms with Gasteiger partial charge >= 0.3 is 0 Å². The monoisotopic (exact) mass is 188 g/mol. The number of rotatable bonds is 5. The largest absolute Gasteiger partial charge is 0.273 e. The summed E-state index contributed by atoms with van der Waals surface area (Å²) in [4.78, 5) is 10.3. The van der Waals surface area contributed by atoms with Gasteiger partial charge in [-0.15, -0.1) is 0 Å². The van der Waals surface area contributed by atoms with Crippen LogP contribution >= 0.6 is 0 Å². The fraction of sp³-hybridized carbons (Fsp3) is 0.250. The standard InChI is InChI=1S/C12H14NO/c13-12(14)10-6-2-5-9-11-7-3-1-4-8-11/h1,3-5,7-9,13H,2,6,10H2. The van der Waals surface area contributed by atoms with E-state index in [-0.39, 0.29) is 0 Å². The average molecular weight is 188 g/mol. The van der Waals surface area contributed by atoms with Crippen molar-refractivity contribution >= 4 is 12.0 Å². The van der Waals surface area contributed by atoms with Gasteiger partial charge in [0, 0.05) is 6.42 Å². The number of carbonyl (C=O) groups excluding carboxylic acids is 1. The van der Waals surface area contributed by atoms with Crippen molar-refractivity contribution in [3.8, 4) is 0 Å². The Morgan fingerprint density at radius 1 is 1.29 bits per heavy atom. The smallest absolute Gasteiger partial charge is 0.238 e. The summed E-state index contributed by atoms with van der Waals surface area (Å²) in [6.45, 7) is 0. The Hall–Kier alpha value is -1.57. The average Bonchev–Trinajstić information content (AvgIpc) is 2.18. The third-order valence-electron chi connectivity index (χ3n) is 1.88. The van der Waals surface area contributed by atoms with E-state index in [0.717, 1.165) is 12.8 Å². The number of carbonyl (C=O) groups is 1. The molecule has 0 bridgehead atoms. The van der Waals surface area contributed by atoms with Crippen LogP contribution in [0.5, 0.6) is 0 Å². The summed E-state index contributed by atoms with van der Waals surface area (Å²) in [5.41, 5.74) is 7.89. The second-order valence-corrected chi connectivity index (χ2v) is 3.13.